The van der Waals surface area contributed by atoms with Crippen LogP contribution in [-0.2, 0) is 20.8 Å². The summed E-state index contributed by atoms with van der Waals surface area (Å²) in [6, 6.07) is 11.1. The Morgan fingerprint density at radius 3 is 2.72 bits per heavy atom. The summed E-state index contributed by atoms with van der Waals surface area (Å²) < 4.78 is 10.7. The van der Waals surface area contributed by atoms with Crippen molar-refractivity contribution < 1.29 is 14.3 Å². The summed E-state index contributed by atoms with van der Waals surface area (Å²) in [7, 11) is 1.48. The van der Waals surface area contributed by atoms with Gasteiger partial charge in [-0.3, -0.25) is 4.90 Å². The van der Waals surface area contributed by atoms with Gasteiger partial charge in [-0.2, -0.15) is 0 Å². The van der Waals surface area contributed by atoms with Crippen LogP contribution < -0.4 is 0 Å². The van der Waals surface area contributed by atoms with Gasteiger partial charge >= 0.3 is 5.97 Å². The van der Waals surface area contributed by atoms with Crippen molar-refractivity contribution in [2.45, 2.75) is 45.4 Å². The lowest BCUT2D eigenvalue weighted by Gasteiger charge is -2.44. The molecule has 0 spiro atoms. The van der Waals surface area contributed by atoms with Crippen molar-refractivity contribution in [3.8, 4) is 0 Å². The van der Waals surface area contributed by atoms with Crippen molar-refractivity contribution >= 4 is 5.97 Å². The average Bonchev–Trinajstić information content (AvgIpc) is 3.41. The molecule has 0 aromatic heterocycles. The molecule has 4 atom stereocenters. The molecule has 2 heterocycles. The van der Waals surface area contributed by atoms with Crippen LogP contribution in [-0.4, -0.2) is 43.3 Å². The molecule has 0 bridgehead atoms. The lowest BCUT2D eigenvalue weighted by molar-refractivity contribution is -0.137. The molecular formula is C21H27NO3. The van der Waals surface area contributed by atoms with Crippen LogP contribution in [0.5, 0.6) is 0 Å². The van der Waals surface area contributed by atoms with Gasteiger partial charge in [0.05, 0.1) is 19.8 Å². The van der Waals surface area contributed by atoms with Crippen molar-refractivity contribution in [2.75, 3.05) is 20.3 Å². The zero-order valence-electron chi connectivity index (χ0n) is 15.3. The third-order valence-corrected chi connectivity index (χ3v) is 6.64. The van der Waals surface area contributed by atoms with E-state index in [2.05, 4.69) is 49.1 Å². The number of likely N-dealkylation sites (tertiary alicyclic amines) is 1. The van der Waals surface area contributed by atoms with Gasteiger partial charge in [0, 0.05) is 29.5 Å². The minimum Gasteiger partial charge on any atom is -0.466 e. The predicted molar refractivity (Wildman–Crippen MR) is 95.9 cm³/mol. The topological polar surface area (TPSA) is 42.1 Å². The van der Waals surface area contributed by atoms with Crippen molar-refractivity contribution in [3.05, 3.63) is 47.0 Å². The van der Waals surface area contributed by atoms with Gasteiger partial charge in [-0.15, -0.1) is 0 Å². The van der Waals surface area contributed by atoms with E-state index in [1.807, 2.05) is 0 Å². The van der Waals surface area contributed by atoms with Crippen molar-refractivity contribution in [1.29, 1.82) is 0 Å². The monoisotopic (exact) mass is 341 g/mol. The Morgan fingerprint density at radius 2 is 2.08 bits per heavy atom. The van der Waals surface area contributed by atoms with Gasteiger partial charge in [0.15, 0.2) is 0 Å². The molecule has 1 aromatic carbocycles. The number of ether oxygens (including phenoxy) is 2. The van der Waals surface area contributed by atoms with Gasteiger partial charge in [-0.1, -0.05) is 42.8 Å². The molecule has 1 aromatic rings. The Bertz CT molecular complexity index is 694. The minimum absolute atomic E-state index is 0.0453. The van der Waals surface area contributed by atoms with E-state index < -0.39 is 0 Å². The Labute approximate surface area is 149 Å². The van der Waals surface area contributed by atoms with Crippen molar-refractivity contribution in [3.63, 3.8) is 0 Å². The summed E-state index contributed by atoms with van der Waals surface area (Å²) >= 11 is 0. The summed E-state index contributed by atoms with van der Waals surface area (Å²) in [4.78, 5) is 15.1. The van der Waals surface area contributed by atoms with E-state index in [-0.39, 0.29) is 23.4 Å². The SMILES string of the molecule is COC(=O)C1=C(C)[C@@]2(C)CCN(Cc3ccccc3)[C@H]2C[C@H]1[C@@H]1CO1. The number of rotatable bonds is 4. The standard InChI is InChI=1S/C21H27NO3/c1-14-19(20(23)24-3)16(17-13-25-17)11-18-21(14,2)9-10-22(18)12-15-7-5-4-6-8-15/h4-8,16-18H,9-13H2,1-3H3/t16-,17-,18-,21+/m0/s1. The molecule has 3 aliphatic rings. The largest absolute Gasteiger partial charge is 0.466 e. The summed E-state index contributed by atoms with van der Waals surface area (Å²) in [6.45, 7) is 7.27. The molecule has 2 aliphatic heterocycles. The fourth-order valence-electron chi connectivity index (χ4n) is 4.94. The van der Waals surface area contributed by atoms with Gasteiger partial charge in [0.2, 0.25) is 0 Å². The minimum atomic E-state index is -0.167. The number of carbonyl (C=O) groups is 1. The second kappa shape index (κ2) is 6.26. The maximum atomic E-state index is 12.5. The molecule has 2 saturated heterocycles. The number of epoxide rings is 1. The summed E-state index contributed by atoms with van der Waals surface area (Å²) in [5.74, 6) is 0.00100. The Morgan fingerprint density at radius 1 is 1.36 bits per heavy atom. The third kappa shape index (κ3) is 2.81. The van der Waals surface area contributed by atoms with Crippen LogP contribution in [0, 0.1) is 11.3 Å². The highest BCUT2D eigenvalue weighted by molar-refractivity contribution is 5.90. The molecule has 0 radical (unpaired) electrons. The van der Waals surface area contributed by atoms with E-state index in [0.29, 0.717) is 6.04 Å². The van der Waals surface area contributed by atoms with Crippen LogP contribution in [0.4, 0.5) is 0 Å². The molecule has 134 valence electrons. The van der Waals surface area contributed by atoms with Crippen molar-refractivity contribution in [2.24, 2.45) is 11.3 Å². The number of nitrogens with zero attached hydrogens (tertiary/aromatic N) is 1. The summed E-state index contributed by atoms with van der Waals surface area (Å²) in [6.07, 6.45) is 2.26. The third-order valence-electron chi connectivity index (χ3n) is 6.64. The highest BCUT2D eigenvalue weighted by Crippen LogP contribution is 2.53. The summed E-state index contributed by atoms with van der Waals surface area (Å²) in [5.41, 5.74) is 3.49. The molecule has 25 heavy (non-hydrogen) atoms. The number of esters is 1. The van der Waals surface area contributed by atoms with Crippen LogP contribution in [0.3, 0.4) is 0 Å². The normalized spacial score (nSPS) is 34.8. The van der Waals surface area contributed by atoms with E-state index in [1.165, 1.54) is 18.2 Å². The fraction of sp³-hybridized carbons (Fsp3) is 0.571. The average molecular weight is 341 g/mol. The first-order valence-electron chi connectivity index (χ1n) is 9.23. The Kier molecular flexibility index (Phi) is 4.20. The first-order valence-corrected chi connectivity index (χ1v) is 9.23. The van der Waals surface area contributed by atoms with E-state index in [0.717, 1.165) is 38.1 Å². The second-order valence-corrected chi connectivity index (χ2v) is 7.88. The molecule has 1 aliphatic carbocycles. The first-order chi connectivity index (χ1) is 12.0. The van der Waals surface area contributed by atoms with Gasteiger partial charge in [0.1, 0.15) is 0 Å². The zero-order chi connectivity index (χ0) is 17.6. The molecule has 0 saturated carbocycles. The number of methoxy groups -OCH3 is 1. The van der Waals surface area contributed by atoms with Crippen LogP contribution in [0.2, 0.25) is 0 Å². The lowest BCUT2D eigenvalue weighted by Crippen LogP contribution is -2.46. The van der Waals surface area contributed by atoms with Gasteiger partial charge in [-0.25, -0.2) is 4.79 Å². The molecule has 4 heteroatoms. The van der Waals surface area contributed by atoms with Crippen LogP contribution in [0.15, 0.2) is 41.5 Å². The summed E-state index contributed by atoms with van der Waals surface area (Å²) in [5, 5.41) is 0. The Balaban J connectivity index is 1.66. The molecule has 2 fully saturated rings. The number of hydrogen-bond acceptors (Lipinski definition) is 4. The highest BCUT2D eigenvalue weighted by Gasteiger charge is 2.54. The van der Waals surface area contributed by atoms with E-state index in [4.69, 9.17) is 9.47 Å². The van der Waals surface area contributed by atoms with Crippen molar-refractivity contribution in [1.82, 2.24) is 4.90 Å². The maximum Gasteiger partial charge on any atom is 0.334 e. The zero-order valence-corrected chi connectivity index (χ0v) is 15.3. The van der Waals surface area contributed by atoms with Gasteiger partial charge in [-0.05, 0) is 31.9 Å². The number of benzene rings is 1. The van der Waals surface area contributed by atoms with Gasteiger partial charge in [0.25, 0.3) is 0 Å². The molecule has 0 unspecified atom stereocenters. The van der Waals surface area contributed by atoms with Gasteiger partial charge < -0.3 is 9.47 Å². The quantitative estimate of drug-likeness (QED) is 0.623. The number of fused-ring (bicyclic) bond motifs is 1. The first kappa shape index (κ1) is 16.8. The second-order valence-electron chi connectivity index (χ2n) is 7.88. The molecule has 0 N–H and O–H groups in total. The Hall–Kier alpha value is -1.65. The fourth-order valence-corrected chi connectivity index (χ4v) is 4.94. The van der Waals surface area contributed by atoms with Crippen LogP contribution in [0.1, 0.15) is 32.3 Å². The van der Waals surface area contributed by atoms with E-state index in [1.54, 1.807) is 0 Å². The molecular weight excluding hydrogens is 314 g/mol. The van der Waals surface area contributed by atoms with E-state index in [9.17, 15) is 4.79 Å². The van der Waals surface area contributed by atoms with Crippen LogP contribution in [0.25, 0.3) is 0 Å². The smallest absolute Gasteiger partial charge is 0.334 e. The predicted octanol–water partition coefficient (Wildman–Crippen LogP) is 3.18. The molecule has 4 nitrogen and oxygen atoms in total. The van der Waals surface area contributed by atoms with E-state index >= 15 is 0 Å². The van der Waals surface area contributed by atoms with Crippen LogP contribution >= 0.6 is 0 Å². The molecule has 4 rings (SSSR count). The maximum absolute atomic E-state index is 12.5. The highest BCUT2D eigenvalue weighted by atomic mass is 16.6. The number of hydrogen-bond donors (Lipinski definition) is 0. The number of carbonyl (C=O) groups excluding carboxylic acids is 1. The molecule has 0 amide bonds. The lowest BCUT2D eigenvalue weighted by atomic mass is 9.64.